The van der Waals surface area contributed by atoms with E-state index in [0.717, 1.165) is 72.1 Å². The molecule has 0 spiro atoms. The molecule has 3 heterocycles. The lowest BCUT2D eigenvalue weighted by atomic mass is 9.90. The Hall–Kier alpha value is -2.35. The summed E-state index contributed by atoms with van der Waals surface area (Å²) in [6, 6.07) is 6.22. The molecule has 3 aromatic rings. The van der Waals surface area contributed by atoms with Gasteiger partial charge in [0.05, 0.1) is 11.7 Å². The highest BCUT2D eigenvalue weighted by molar-refractivity contribution is 9.10. The Morgan fingerprint density at radius 1 is 1.03 bits per heavy atom. The van der Waals surface area contributed by atoms with E-state index in [1.165, 1.54) is 6.07 Å². The number of rotatable bonds is 5. The number of anilines is 2. The summed E-state index contributed by atoms with van der Waals surface area (Å²) in [5, 5.41) is 3.52. The van der Waals surface area contributed by atoms with Crippen LogP contribution in [0.15, 0.2) is 35.1 Å². The van der Waals surface area contributed by atoms with Crippen molar-refractivity contribution in [2.24, 2.45) is 5.92 Å². The molecule has 30 heavy (non-hydrogen) atoms. The number of nitrogens with zero attached hydrogens (tertiary/aromatic N) is 4. The smallest absolute Gasteiger partial charge is 0.172 e. The molecule has 156 valence electrons. The predicted molar refractivity (Wildman–Crippen MR) is 117 cm³/mol. The van der Waals surface area contributed by atoms with E-state index in [0.29, 0.717) is 23.9 Å². The van der Waals surface area contributed by atoms with Crippen LogP contribution >= 0.6 is 15.9 Å². The van der Waals surface area contributed by atoms with Crippen molar-refractivity contribution in [2.75, 3.05) is 23.3 Å². The first-order chi connectivity index (χ1) is 14.5. The average Bonchev–Trinajstić information content (AvgIpc) is 3.54. The molecule has 1 saturated carbocycles. The average molecular weight is 474 g/mol. The topological polar surface area (TPSA) is 53.9 Å². The van der Waals surface area contributed by atoms with Gasteiger partial charge in [-0.2, -0.15) is 0 Å². The maximum absolute atomic E-state index is 14.0. The van der Waals surface area contributed by atoms with E-state index >= 15 is 0 Å². The Bertz CT molecular complexity index is 1080. The fraction of sp³-hybridized carbons (Fsp3) is 0.409. The Morgan fingerprint density at radius 2 is 1.83 bits per heavy atom. The highest BCUT2D eigenvalue weighted by atomic mass is 79.9. The second-order valence-corrected chi connectivity index (χ2v) is 8.99. The van der Waals surface area contributed by atoms with Gasteiger partial charge in [0.25, 0.3) is 0 Å². The van der Waals surface area contributed by atoms with E-state index in [-0.39, 0.29) is 0 Å². The zero-order valence-electron chi connectivity index (χ0n) is 16.4. The van der Waals surface area contributed by atoms with E-state index in [4.69, 9.17) is 9.97 Å². The predicted octanol–water partition coefficient (Wildman–Crippen LogP) is 5.10. The molecule has 8 heteroatoms. The minimum atomic E-state index is -0.529. The van der Waals surface area contributed by atoms with Crippen LogP contribution in [0.5, 0.6) is 0 Å². The lowest BCUT2D eigenvalue weighted by Gasteiger charge is -2.33. The molecule has 1 N–H and O–H groups in total. The van der Waals surface area contributed by atoms with Crippen molar-refractivity contribution in [3.8, 4) is 0 Å². The van der Waals surface area contributed by atoms with Gasteiger partial charge in [-0.05, 0) is 71.6 Å². The molecule has 2 fully saturated rings. The molecule has 0 radical (unpaired) electrons. The summed E-state index contributed by atoms with van der Waals surface area (Å²) in [5.41, 5.74) is 2.17. The number of piperidine rings is 1. The first-order valence-electron chi connectivity index (χ1n) is 10.3. The maximum atomic E-state index is 14.0. The van der Waals surface area contributed by atoms with Crippen LogP contribution < -0.4 is 10.2 Å². The van der Waals surface area contributed by atoms with Gasteiger partial charge in [0.1, 0.15) is 21.8 Å². The Labute approximate surface area is 182 Å². The quantitative estimate of drug-likeness (QED) is 0.522. The molecule has 1 aliphatic heterocycles. The van der Waals surface area contributed by atoms with Gasteiger partial charge in [0.2, 0.25) is 0 Å². The van der Waals surface area contributed by atoms with Crippen molar-refractivity contribution >= 4 is 38.6 Å². The fourth-order valence-electron chi connectivity index (χ4n) is 4.01. The van der Waals surface area contributed by atoms with Crippen molar-refractivity contribution in [1.82, 2.24) is 15.0 Å². The molecule has 0 unspecified atom stereocenters. The molecule has 0 bridgehead atoms. The van der Waals surface area contributed by atoms with Gasteiger partial charge in [0, 0.05) is 25.2 Å². The summed E-state index contributed by atoms with van der Waals surface area (Å²) in [6.07, 6.45) is 6.54. The van der Waals surface area contributed by atoms with Gasteiger partial charge in [-0.25, -0.2) is 23.7 Å². The number of halogens is 3. The summed E-state index contributed by atoms with van der Waals surface area (Å²) >= 11 is 3.40. The van der Waals surface area contributed by atoms with Gasteiger partial charge < -0.3 is 10.2 Å². The number of benzene rings is 1. The van der Waals surface area contributed by atoms with E-state index in [1.807, 2.05) is 6.07 Å². The SMILES string of the molecule is Fc1ccc(CC2CCN(c3nc4cnc(Br)cc4nc3NC3CC3)CC2)c(F)c1. The normalized spacial score (nSPS) is 17.5. The lowest BCUT2D eigenvalue weighted by Crippen LogP contribution is -2.35. The Kier molecular flexibility index (Phi) is 5.26. The number of fused-ring (bicyclic) bond motifs is 1. The molecular formula is C22H22BrF2N5. The molecule has 5 rings (SSSR count). The van der Waals surface area contributed by atoms with Crippen LogP contribution in [-0.4, -0.2) is 34.1 Å². The minimum absolute atomic E-state index is 0.368. The van der Waals surface area contributed by atoms with Crippen LogP contribution in [0.3, 0.4) is 0 Å². The second kappa shape index (κ2) is 8.06. The van der Waals surface area contributed by atoms with E-state index in [2.05, 4.69) is 31.1 Å². The number of nitrogens with one attached hydrogen (secondary N) is 1. The molecular weight excluding hydrogens is 452 g/mol. The molecule has 2 aromatic heterocycles. The van der Waals surface area contributed by atoms with Crippen LogP contribution in [0.2, 0.25) is 0 Å². The molecule has 1 saturated heterocycles. The summed E-state index contributed by atoms with van der Waals surface area (Å²) in [7, 11) is 0. The summed E-state index contributed by atoms with van der Waals surface area (Å²) in [4.78, 5) is 16.2. The first kappa shape index (κ1) is 19.6. The van der Waals surface area contributed by atoms with Gasteiger partial charge in [-0.3, -0.25) is 0 Å². The standard InChI is InChI=1S/C22H22BrF2N5/c23-20-11-18-19(12-26-20)29-22(21(28-18)27-16-3-4-16)30-7-5-13(6-8-30)9-14-1-2-15(24)10-17(14)25/h1-2,10-13,16H,3-9H2,(H,27,28). The monoisotopic (exact) mass is 473 g/mol. The fourth-order valence-corrected chi connectivity index (χ4v) is 4.33. The van der Waals surface area contributed by atoms with Crippen molar-refractivity contribution in [3.63, 3.8) is 0 Å². The molecule has 5 nitrogen and oxygen atoms in total. The number of hydrogen-bond donors (Lipinski definition) is 1. The van der Waals surface area contributed by atoms with Crippen LogP contribution in [0.25, 0.3) is 11.0 Å². The Morgan fingerprint density at radius 3 is 2.57 bits per heavy atom. The zero-order valence-corrected chi connectivity index (χ0v) is 18.0. The molecule has 1 aliphatic carbocycles. The van der Waals surface area contributed by atoms with Crippen LogP contribution in [0.1, 0.15) is 31.2 Å². The third kappa shape index (κ3) is 4.24. The number of hydrogen-bond acceptors (Lipinski definition) is 5. The highest BCUT2D eigenvalue weighted by Crippen LogP contribution is 2.33. The molecule has 0 amide bonds. The molecule has 1 aromatic carbocycles. The van der Waals surface area contributed by atoms with Crippen molar-refractivity contribution in [1.29, 1.82) is 0 Å². The zero-order chi connectivity index (χ0) is 20.7. The summed E-state index contributed by atoms with van der Waals surface area (Å²) in [6.45, 7) is 1.66. The van der Waals surface area contributed by atoms with E-state index in [9.17, 15) is 8.78 Å². The molecule has 2 aliphatic rings. The summed E-state index contributed by atoms with van der Waals surface area (Å²) in [5.74, 6) is 1.08. The van der Waals surface area contributed by atoms with Crippen LogP contribution in [-0.2, 0) is 6.42 Å². The van der Waals surface area contributed by atoms with Gasteiger partial charge in [-0.15, -0.1) is 0 Å². The Balaban J connectivity index is 1.34. The van der Waals surface area contributed by atoms with Crippen LogP contribution in [0.4, 0.5) is 20.4 Å². The summed E-state index contributed by atoms with van der Waals surface area (Å²) < 4.78 is 27.9. The maximum Gasteiger partial charge on any atom is 0.172 e. The largest absolute Gasteiger partial charge is 0.364 e. The van der Waals surface area contributed by atoms with E-state index in [1.54, 1.807) is 12.3 Å². The van der Waals surface area contributed by atoms with E-state index < -0.39 is 11.6 Å². The van der Waals surface area contributed by atoms with Gasteiger partial charge in [-0.1, -0.05) is 6.07 Å². The third-order valence-electron chi connectivity index (χ3n) is 5.85. The van der Waals surface area contributed by atoms with Gasteiger partial charge in [0.15, 0.2) is 11.6 Å². The number of aromatic nitrogens is 3. The van der Waals surface area contributed by atoms with Crippen LogP contribution in [0, 0.1) is 17.6 Å². The van der Waals surface area contributed by atoms with Crippen molar-refractivity contribution < 1.29 is 8.78 Å². The van der Waals surface area contributed by atoms with Gasteiger partial charge >= 0.3 is 0 Å². The van der Waals surface area contributed by atoms with Crippen molar-refractivity contribution in [2.45, 2.75) is 38.1 Å². The highest BCUT2D eigenvalue weighted by Gasteiger charge is 2.27. The lowest BCUT2D eigenvalue weighted by molar-refractivity contribution is 0.396. The van der Waals surface area contributed by atoms with Crippen molar-refractivity contribution in [3.05, 3.63) is 52.3 Å². The molecule has 0 atom stereocenters. The third-order valence-corrected chi connectivity index (χ3v) is 6.29. The minimum Gasteiger partial charge on any atom is -0.364 e. The number of pyridine rings is 1. The second-order valence-electron chi connectivity index (χ2n) is 8.18. The first-order valence-corrected chi connectivity index (χ1v) is 11.1.